The van der Waals surface area contributed by atoms with Crippen molar-refractivity contribution in [3.05, 3.63) is 29.8 Å². The van der Waals surface area contributed by atoms with Gasteiger partial charge in [0.1, 0.15) is 5.75 Å². The van der Waals surface area contributed by atoms with Gasteiger partial charge in [-0.25, -0.2) is 0 Å². The summed E-state index contributed by atoms with van der Waals surface area (Å²) in [5.74, 6) is 2.39. The van der Waals surface area contributed by atoms with Crippen LogP contribution in [-0.4, -0.2) is 56.6 Å². The number of benzene rings is 1. The van der Waals surface area contributed by atoms with E-state index in [0.717, 1.165) is 69.9 Å². The minimum absolute atomic E-state index is 0. The average Bonchev–Trinajstić information content (AvgIpc) is 3.45. The number of nitrogens with one attached hydrogen (secondary N) is 2. The third-order valence-corrected chi connectivity index (χ3v) is 6.11. The molecule has 1 aromatic rings. The molecule has 7 heteroatoms. The van der Waals surface area contributed by atoms with Crippen LogP contribution >= 0.6 is 24.0 Å². The zero-order chi connectivity index (χ0) is 20.5. The van der Waals surface area contributed by atoms with E-state index in [1.807, 2.05) is 19.2 Å². The fraction of sp³-hybridized carbons (Fsp3) is 0.652. The number of hydrogen-bond donors (Lipinski definition) is 2. The van der Waals surface area contributed by atoms with Crippen LogP contribution in [0.5, 0.6) is 5.75 Å². The van der Waals surface area contributed by atoms with Crippen LogP contribution in [0.25, 0.3) is 0 Å². The second kappa shape index (κ2) is 13.0. The van der Waals surface area contributed by atoms with Gasteiger partial charge < -0.3 is 20.3 Å². The summed E-state index contributed by atoms with van der Waals surface area (Å²) < 4.78 is 5.20. The SMILES string of the molecule is CN=C(NCCCCc1ccc(OC)cc1)NC1CCN(C(=O)C2CCCC2)C1.I. The van der Waals surface area contributed by atoms with Crippen LogP contribution in [0.3, 0.4) is 0 Å². The zero-order valence-electron chi connectivity index (χ0n) is 18.4. The molecule has 0 aromatic heterocycles. The Kier molecular flexibility index (Phi) is 10.7. The maximum absolute atomic E-state index is 12.6. The Morgan fingerprint density at radius 2 is 1.90 bits per heavy atom. The molecule has 2 aliphatic rings. The molecule has 168 valence electrons. The van der Waals surface area contributed by atoms with Crippen LogP contribution in [0.15, 0.2) is 29.3 Å². The number of nitrogens with zero attached hydrogens (tertiary/aromatic N) is 2. The first-order valence-corrected chi connectivity index (χ1v) is 11.1. The van der Waals surface area contributed by atoms with E-state index in [2.05, 4.69) is 32.7 Å². The summed E-state index contributed by atoms with van der Waals surface area (Å²) in [6.07, 6.45) is 8.85. The standard InChI is InChI=1S/C23H36N4O2.HI/c1-24-23(25-15-6-5-7-18-10-12-21(29-2)13-11-18)26-20-14-16-27(17-20)22(28)19-8-3-4-9-19;/h10-13,19-20H,3-9,14-17H2,1-2H3,(H2,24,25,26);1H. The first kappa shape index (κ1) is 24.8. The molecule has 1 unspecified atom stereocenters. The van der Waals surface area contributed by atoms with Crippen molar-refractivity contribution < 1.29 is 9.53 Å². The lowest BCUT2D eigenvalue weighted by Gasteiger charge is -2.21. The maximum atomic E-state index is 12.6. The van der Waals surface area contributed by atoms with Crippen molar-refractivity contribution in [3.8, 4) is 5.75 Å². The highest BCUT2D eigenvalue weighted by molar-refractivity contribution is 14.0. The van der Waals surface area contributed by atoms with E-state index in [4.69, 9.17) is 4.74 Å². The molecule has 1 aliphatic heterocycles. The third-order valence-electron chi connectivity index (χ3n) is 6.11. The van der Waals surface area contributed by atoms with Gasteiger partial charge in [0.05, 0.1) is 7.11 Å². The molecule has 1 aromatic carbocycles. The molecule has 2 N–H and O–H groups in total. The van der Waals surface area contributed by atoms with Gasteiger partial charge in [0.25, 0.3) is 0 Å². The van der Waals surface area contributed by atoms with E-state index >= 15 is 0 Å². The smallest absolute Gasteiger partial charge is 0.225 e. The van der Waals surface area contributed by atoms with Gasteiger partial charge in [-0.15, -0.1) is 24.0 Å². The number of rotatable bonds is 8. The minimum atomic E-state index is 0. The van der Waals surface area contributed by atoms with E-state index in [-0.39, 0.29) is 29.9 Å². The Balaban J connectivity index is 0.00000320. The van der Waals surface area contributed by atoms with Crippen LogP contribution in [0.2, 0.25) is 0 Å². The molecule has 1 saturated carbocycles. The highest BCUT2D eigenvalue weighted by Gasteiger charge is 2.32. The molecular weight excluding hydrogens is 491 g/mol. The summed E-state index contributed by atoms with van der Waals surface area (Å²) >= 11 is 0. The predicted molar refractivity (Wildman–Crippen MR) is 133 cm³/mol. The number of likely N-dealkylation sites (tertiary alicyclic amines) is 1. The molecule has 30 heavy (non-hydrogen) atoms. The summed E-state index contributed by atoms with van der Waals surface area (Å²) in [4.78, 5) is 19.0. The van der Waals surface area contributed by atoms with Crippen molar-refractivity contribution in [1.29, 1.82) is 0 Å². The highest BCUT2D eigenvalue weighted by atomic mass is 127. The maximum Gasteiger partial charge on any atom is 0.225 e. The molecule has 1 saturated heterocycles. The van der Waals surface area contributed by atoms with Crippen LogP contribution in [0, 0.1) is 5.92 Å². The summed E-state index contributed by atoms with van der Waals surface area (Å²) in [6.45, 7) is 2.56. The van der Waals surface area contributed by atoms with E-state index in [0.29, 0.717) is 11.9 Å². The van der Waals surface area contributed by atoms with Gasteiger partial charge >= 0.3 is 0 Å². The number of methoxy groups -OCH3 is 1. The first-order valence-electron chi connectivity index (χ1n) is 11.1. The number of aryl methyl sites for hydroxylation is 1. The number of aliphatic imine (C=N–C) groups is 1. The molecule has 6 nitrogen and oxygen atoms in total. The lowest BCUT2D eigenvalue weighted by molar-refractivity contribution is -0.134. The Morgan fingerprint density at radius 3 is 2.57 bits per heavy atom. The van der Waals surface area contributed by atoms with Gasteiger partial charge in [-0.05, 0) is 56.2 Å². The quantitative estimate of drug-likeness (QED) is 0.234. The van der Waals surface area contributed by atoms with Crippen LogP contribution in [0.4, 0.5) is 0 Å². The second-order valence-electron chi connectivity index (χ2n) is 8.20. The number of ether oxygens (including phenoxy) is 1. The number of amides is 1. The van der Waals surface area contributed by atoms with Crippen LogP contribution in [-0.2, 0) is 11.2 Å². The number of halogens is 1. The lowest BCUT2D eigenvalue weighted by Crippen LogP contribution is -2.45. The number of unbranched alkanes of at least 4 members (excludes halogenated alkanes) is 1. The normalized spacial score (nSPS) is 19.5. The summed E-state index contributed by atoms with van der Waals surface area (Å²) in [5, 5.41) is 6.91. The molecule has 1 atom stereocenters. The van der Waals surface area contributed by atoms with Crippen molar-refractivity contribution in [2.75, 3.05) is 33.8 Å². The predicted octanol–water partition coefficient (Wildman–Crippen LogP) is 3.59. The average molecular weight is 528 g/mol. The Hall–Kier alpha value is -1.51. The van der Waals surface area contributed by atoms with Gasteiger partial charge in [-0.1, -0.05) is 25.0 Å². The van der Waals surface area contributed by atoms with E-state index < -0.39 is 0 Å². The number of carbonyl (C=O) groups excluding carboxylic acids is 1. The van der Waals surface area contributed by atoms with Crippen LogP contribution in [0.1, 0.15) is 50.5 Å². The Bertz CT molecular complexity index is 674. The second-order valence-corrected chi connectivity index (χ2v) is 8.20. The largest absolute Gasteiger partial charge is 0.497 e. The Morgan fingerprint density at radius 1 is 1.17 bits per heavy atom. The first-order chi connectivity index (χ1) is 14.2. The molecular formula is C23H37IN4O2. The Labute approximate surface area is 198 Å². The number of hydrogen-bond acceptors (Lipinski definition) is 3. The lowest BCUT2D eigenvalue weighted by atomic mass is 10.1. The third kappa shape index (κ3) is 7.32. The van der Waals surface area contributed by atoms with Crippen LogP contribution < -0.4 is 15.4 Å². The fourth-order valence-corrected chi connectivity index (χ4v) is 4.35. The van der Waals surface area contributed by atoms with Gasteiger partial charge in [0.2, 0.25) is 5.91 Å². The van der Waals surface area contributed by atoms with Crippen molar-refractivity contribution in [2.24, 2.45) is 10.9 Å². The van der Waals surface area contributed by atoms with Gasteiger partial charge in [-0.2, -0.15) is 0 Å². The monoisotopic (exact) mass is 528 g/mol. The van der Waals surface area contributed by atoms with Crippen molar-refractivity contribution in [2.45, 2.75) is 57.4 Å². The van der Waals surface area contributed by atoms with Gasteiger partial charge in [0, 0.05) is 38.6 Å². The van der Waals surface area contributed by atoms with Crippen molar-refractivity contribution >= 4 is 35.8 Å². The van der Waals surface area contributed by atoms with Gasteiger partial charge in [-0.3, -0.25) is 9.79 Å². The topological polar surface area (TPSA) is 66.0 Å². The highest BCUT2D eigenvalue weighted by Crippen LogP contribution is 2.27. The van der Waals surface area contributed by atoms with E-state index in [9.17, 15) is 4.79 Å². The number of guanidine groups is 1. The zero-order valence-corrected chi connectivity index (χ0v) is 20.7. The summed E-state index contributed by atoms with van der Waals surface area (Å²) in [5.41, 5.74) is 1.34. The van der Waals surface area contributed by atoms with E-state index in [1.165, 1.54) is 18.4 Å². The molecule has 0 bridgehead atoms. The molecule has 0 spiro atoms. The fourth-order valence-electron chi connectivity index (χ4n) is 4.35. The van der Waals surface area contributed by atoms with Gasteiger partial charge in [0.15, 0.2) is 5.96 Å². The van der Waals surface area contributed by atoms with E-state index in [1.54, 1.807) is 7.11 Å². The minimum Gasteiger partial charge on any atom is -0.497 e. The van der Waals surface area contributed by atoms with Crippen molar-refractivity contribution in [3.63, 3.8) is 0 Å². The number of carbonyl (C=O) groups is 1. The molecule has 3 rings (SSSR count). The molecule has 1 amide bonds. The molecule has 1 heterocycles. The molecule has 2 fully saturated rings. The molecule has 0 radical (unpaired) electrons. The summed E-state index contributed by atoms with van der Waals surface area (Å²) in [6, 6.07) is 8.59. The van der Waals surface area contributed by atoms with Crippen molar-refractivity contribution in [1.82, 2.24) is 15.5 Å². The summed E-state index contributed by atoms with van der Waals surface area (Å²) in [7, 11) is 3.50. The molecule has 1 aliphatic carbocycles.